The van der Waals surface area contributed by atoms with Crippen molar-refractivity contribution in [1.29, 1.82) is 0 Å². The first kappa shape index (κ1) is 13.4. The monoisotopic (exact) mass is 250 g/mol. The molecular formula is C15H22O3. The lowest BCUT2D eigenvalue weighted by Gasteiger charge is -2.44. The lowest BCUT2D eigenvalue weighted by molar-refractivity contribution is -0.172. The molecule has 0 saturated carbocycles. The van der Waals surface area contributed by atoms with Crippen molar-refractivity contribution in [3.63, 3.8) is 0 Å². The van der Waals surface area contributed by atoms with Crippen LogP contribution in [0.5, 0.6) is 5.75 Å². The van der Waals surface area contributed by atoms with Gasteiger partial charge in [0.1, 0.15) is 5.75 Å². The summed E-state index contributed by atoms with van der Waals surface area (Å²) in [6, 6.07) is 8.11. The van der Waals surface area contributed by atoms with Crippen molar-refractivity contribution in [2.24, 2.45) is 5.41 Å². The first-order chi connectivity index (χ1) is 8.56. The van der Waals surface area contributed by atoms with E-state index in [1.807, 2.05) is 19.1 Å². The summed E-state index contributed by atoms with van der Waals surface area (Å²) in [7, 11) is 1.66. The van der Waals surface area contributed by atoms with E-state index in [0.717, 1.165) is 18.8 Å². The molecule has 1 aliphatic rings. The molecule has 1 fully saturated rings. The van der Waals surface area contributed by atoms with Crippen LogP contribution in [0.25, 0.3) is 0 Å². The number of benzene rings is 1. The van der Waals surface area contributed by atoms with Crippen molar-refractivity contribution in [2.45, 2.75) is 39.6 Å². The largest absolute Gasteiger partial charge is 0.465 e. The second-order valence-corrected chi connectivity index (χ2v) is 5.44. The lowest BCUT2D eigenvalue weighted by Crippen LogP contribution is -2.40. The molecule has 0 bridgehead atoms. The minimum atomic E-state index is -0.174. The molecule has 0 radical (unpaired) electrons. The second kappa shape index (κ2) is 5.29. The standard InChI is InChI=1S/C15H22O3/c1-5-13(16-4)18-12-8-6-11(7-9-12)14-15(2,3)10-17-14/h6-9,13-14H,5,10H2,1-4H3. The molecule has 2 rings (SSSR count). The summed E-state index contributed by atoms with van der Waals surface area (Å²) in [5.41, 5.74) is 1.45. The van der Waals surface area contributed by atoms with Crippen LogP contribution in [0.15, 0.2) is 24.3 Å². The highest BCUT2D eigenvalue weighted by atomic mass is 16.7. The molecule has 100 valence electrons. The lowest BCUT2D eigenvalue weighted by atomic mass is 9.79. The maximum absolute atomic E-state index is 5.69. The minimum Gasteiger partial charge on any atom is -0.465 e. The fourth-order valence-electron chi connectivity index (χ4n) is 2.22. The third-order valence-electron chi connectivity index (χ3n) is 3.38. The Labute approximate surface area is 109 Å². The van der Waals surface area contributed by atoms with Crippen LogP contribution in [-0.2, 0) is 9.47 Å². The smallest absolute Gasteiger partial charge is 0.199 e. The van der Waals surface area contributed by atoms with Gasteiger partial charge in [-0.3, -0.25) is 0 Å². The van der Waals surface area contributed by atoms with Gasteiger partial charge < -0.3 is 14.2 Å². The van der Waals surface area contributed by atoms with Crippen LogP contribution in [-0.4, -0.2) is 20.0 Å². The molecule has 0 N–H and O–H groups in total. The number of rotatable bonds is 5. The molecule has 1 saturated heterocycles. The predicted octanol–water partition coefficient (Wildman–Crippen LogP) is 3.55. The van der Waals surface area contributed by atoms with Crippen molar-refractivity contribution < 1.29 is 14.2 Å². The molecule has 1 heterocycles. The number of ether oxygens (including phenoxy) is 3. The molecule has 2 unspecified atom stereocenters. The summed E-state index contributed by atoms with van der Waals surface area (Å²) in [5.74, 6) is 0.838. The van der Waals surface area contributed by atoms with E-state index < -0.39 is 0 Å². The summed E-state index contributed by atoms with van der Waals surface area (Å²) in [5, 5.41) is 0. The van der Waals surface area contributed by atoms with E-state index >= 15 is 0 Å². The topological polar surface area (TPSA) is 27.7 Å². The normalized spacial score (nSPS) is 23.2. The third kappa shape index (κ3) is 2.68. The van der Waals surface area contributed by atoms with Gasteiger partial charge in [0.15, 0.2) is 6.29 Å². The minimum absolute atomic E-state index is 0.174. The van der Waals surface area contributed by atoms with E-state index in [4.69, 9.17) is 14.2 Å². The van der Waals surface area contributed by atoms with Crippen molar-refractivity contribution >= 4 is 0 Å². The van der Waals surface area contributed by atoms with Gasteiger partial charge in [-0.2, -0.15) is 0 Å². The molecule has 0 aromatic heterocycles. The van der Waals surface area contributed by atoms with Gasteiger partial charge in [0.05, 0.1) is 12.7 Å². The first-order valence-corrected chi connectivity index (χ1v) is 6.48. The fourth-order valence-corrected chi connectivity index (χ4v) is 2.22. The molecule has 0 amide bonds. The summed E-state index contributed by atoms with van der Waals surface area (Å²) in [4.78, 5) is 0. The van der Waals surface area contributed by atoms with Gasteiger partial charge in [-0.1, -0.05) is 32.9 Å². The van der Waals surface area contributed by atoms with Crippen LogP contribution in [0, 0.1) is 5.41 Å². The molecule has 1 aliphatic heterocycles. The van der Waals surface area contributed by atoms with E-state index in [2.05, 4.69) is 26.0 Å². The molecule has 1 aromatic rings. The predicted molar refractivity (Wildman–Crippen MR) is 70.6 cm³/mol. The van der Waals surface area contributed by atoms with Crippen LogP contribution in [0.2, 0.25) is 0 Å². The van der Waals surface area contributed by atoms with Gasteiger partial charge in [-0.05, 0) is 17.7 Å². The Morgan fingerprint density at radius 3 is 2.39 bits per heavy atom. The SMILES string of the molecule is CCC(OC)Oc1ccc(C2OCC2(C)C)cc1. The van der Waals surface area contributed by atoms with Crippen molar-refractivity contribution in [3.05, 3.63) is 29.8 Å². The van der Waals surface area contributed by atoms with Gasteiger partial charge in [-0.25, -0.2) is 0 Å². The zero-order valence-corrected chi connectivity index (χ0v) is 11.6. The van der Waals surface area contributed by atoms with Gasteiger partial charge in [0, 0.05) is 18.9 Å². The Balaban J connectivity index is 2.02. The molecule has 0 aliphatic carbocycles. The summed E-state index contributed by atoms with van der Waals surface area (Å²) in [6.07, 6.45) is 0.861. The number of hydrogen-bond donors (Lipinski definition) is 0. The number of methoxy groups -OCH3 is 1. The van der Waals surface area contributed by atoms with Crippen LogP contribution >= 0.6 is 0 Å². The van der Waals surface area contributed by atoms with Crippen LogP contribution in [0.3, 0.4) is 0 Å². The van der Waals surface area contributed by atoms with Crippen molar-refractivity contribution in [3.8, 4) is 5.75 Å². The van der Waals surface area contributed by atoms with E-state index in [-0.39, 0.29) is 17.8 Å². The number of hydrogen-bond acceptors (Lipinski definition) is 3. The summed E-state index contributed by atoms with van der Waals surface area (Å²) >= 11 is 0. The van der Waals surface area contributed by atoms with Gasteiger partial charge >= 0.3 is 0 Å². The molecule has 1 aromatic carbocycles. The Morgan fingerprint density at radius 1 is 1.33 bits per heavy atom. The molecule has 18 heavy (non-hydrogen) atoms. The van der Waals surface area contributed by atoms with Crippen LogP contribution in [0.1, 0.15) is 38.9 Å². The maximum Gasteiger partial charge on any atom is 0.199 e. The van der Waals surface area contributed by atoms with E-state index in [0.29, 0.717) is 0 Å². The molecular weight excluding hydrogens is 228 g/mol. The Morgan fingerprint density at radius 2 is 2.00 bits per heavy atom. The zero-order valence-electron chi connectivity index (χ0n) is 11.6. The van der Waals surface area contributed by atoms with E-state index in [1.165, 1.54) is 5.56 Å². The molecule has 3 nitrogen and oxygen atoms in total. The highest BCUT2D eigenvalue weighted by Gasteiger charge is 2.40. The second-order valence-electron chi connectivity index (χ2n) is 5.44. The van der Waals surface area contributed by atoms with Gasteiger partial charge in [0.2, 0.25) is 0 Å². The van der Waals surface area contributed by atoms with E-state index in [1.54, 1.807) is 7.11 Å². The van der Waals surface area contributed by atoms with Crippen LogP contribution < -0.4 is 4.74 Å². The highest BCUT2D eigenvalue weighted by molar-refractivity contribution is 5.30. The fraction of sp³-hybridized carbons (Fsp3) is 0.600. The average Bonchev–Trinajstić information content (AvgIpc) is 2.36. The summed E-state index contributed by atoms with van der Waals surface area (Å²) in [6.45, 7) is 7.32. The maximum atomic E-state index is 5.69. The molecule has 3 heteroatoms. The van der Waals surface area contributed by atoms with Crippen molar-refractivity contribution in [2.75, 3.05) is 13.7 Å². The van der Waals surface area contributed by atoms with Crippen molar-refractivity contribution in [1.82, 2.24) is 0 Å². The third-order valence-corrected chi connectivity index (χ3v) is 3.38. The zero-order chi connectivity index (χ0) is 13.2. The molecule has 2 atom stereocenters. The summed E-state index contributed by atoms with van der Waals surface area (Å²) < 4.78 is 16.5. The average molecular weight is 250 g/mol. The van der Waals surface area contributed by atoms with E-state index in [9.17, 15) is 0 Å². The Bertz CT molecular complexity index is 379. The van der Waals surface area contributed by atoms with Gasteiger partial charge in [0.25, 0.3) is 0 Å². The van der Waals surface area contributed by atoms with Gasteiger partial charge in [-0.15, -0.1) is 0 Å². The molecule has 0 spiro atoms. The Hall–Kier alpha value is -1.06. The Kier molecular flexibility index (Phi) is 3.93. The quantitative estimate of drug-likeness (QED) is 0.748. The highest BCUT2D eigenvalue weighted by Crippen LogP contribution is 2.45. The first-order valence-electron chi connectivity index (χ1n) is 6.48. The van der Waals surface area contributed by atoms with Crippen LogP contribution in [0.4, 0.5) is 0 Å².